The highest BCUT2D eigenvalue weighted by Crippen LogP contribution is 2.40. The topological polar surface area (TPSA) is 17.1 Å². The third-order valence-electron chi connectivity index (χ3n) is 4.38. The predicted octanol–water partition coefficient (Wildman–Crippen LogP) is 5.62. The summed E-state index contributed by atoms with van der Waals surface area (Å²) in [6, 6.07) is 22.7. The van der Waals surface area contributed by atoms with Gasteiger partial charge in [0.25, 0.3) is 0 Å². The molecular weight excluding hydrogens is 312 g/mol. The number of hydrogen-bond donors (Lipinski definition) is 0. The van der Waals surface area contributed by atoms with Crippen LogP contribution in [0.25, 0.3) is 5.57 Å². The zero-order chi connectivity index (χ0) is 16.5. The van der Waals surface area contributed by atoms with E-state index in [0.29, 0.717) is 5.56 Å². The van der Waals surface area contributed by atoms with Crippen molar-refractivity contribution in [1.82, 2.24) is 0 Å². The molecule has 0 N–H and O–H groups in total. The smallest absolute Gasteiger partial charge is 0.150 e. The molecule has 1 heterocycles. The molecule has 0 aliphatic carbocycles. The molecule has 4 rings (SSSR count). The quantitative estimate of drug-likeness (QED) is 0.454. The van der Waals surface area contributed by atoms with E-state index in [1.807, 2.05) is 36.0 Å². The molecule has 0 aromatic heterocycles. The highest BCUT2D eigenvalue weighted by molar-refractivity contribution is 7.99. The third-order valence-corrected chi connectivity index (χ3v) is 5.61. The number of carbonyl (C=O) groups is 1. The van der Waals surface area contributed by atoms with Crippen LogP contribution in [0.15, 0.2) is 83.1 Å². The number of benzene rings is 3. The van der Waals surface area contributed by atoms with Crippen molar-refractivity contribution in [1.29, 1.82) is 0 Å². The molecule has 0 saturated carbocycles. The summed E-state index contributed by atoms with van der Waals surface area (Å²) in [4.78, 5) is 13.5. The lowest BCUT2D eigenvalue weighted by atomic mass is 9.95. The molecule has 0 spiro atoms. The predicted molar refractivity (Wildman–Crippen MR) is 99.8 cm³/mol. The normalized spacial score (nSPS) is 12.2. The SMILES string of the molecule is C=C(c1ccc(C=O)cc1)c1ccc2c(c1)Cc1ccccc1S2. The van der Waals surface area contributed by atoms with E-state index >= 15 is 0 Å². The molecule has 0 radical (unpaired) electrons. The second-order valence-corrected chi connectivity index (χ2v) is 7.01. The molecule has 116 valence electrons. The van der Waals surface area contributed by atoms with Crippen LogP contribution in [0.1, 0.15) is 32.6 Å². The van der Waals surface area contributed by atoms with Crippen LogP contribution in [0, 0.1) is 0 Å². The first-order chi connectivity index (χ1) is 11.7. The molecule has 0 saturated heterocycles. The number of rotatable bonds is 3. The van der Waals surface area contributed by atoms with Gasteiger partial charge in [-0.3, -0.25) is 4.79 Å². The molecule has 0 atom stereocenters. The van der Waals surface area contributed by atoms with Gasteiger partial charge in [0, 0.05) is 15.4 Å². The lowest BCUT2D eigenvalue weighted by molar-refractivity contribution is 0.112. The highest BCUT2D eigenvalue weighted by atomic mass is 32.2. The summed E-state index contributed by atoms with van der Waals surface area (Å²) in [5.74, 6) is 0. The second-order valence-electron chi connectivity index (χ2n) is 5.93. The Kier molecular flexibility index (Phi) is 3.83. The van der Waals surface area contributed by atoms with Crippen molar-refractivity contribution in [2.75, 3.05) is 0 Å². The van der Waals surface area contributed by atoms with E-state index in [2.05, 4.69) is 49.0 Å². The minimum atomic E-state index is 0.685. The van der Waals surface area contributed by atoms with E-state index in [1.54, 1.807) is 0 Å². The molecular formula is C22H16OS. The van der Waals surface area contributed by atoms with Gasteiger partial charge in [-0.15, -0.1) is 0 Å². The Morgan fingerprint density at radius 1 is 0.875 bits per heavy atom. The van der Waals surface area contributed by atoms with Crippen LogP contribution in [0.5, 0.6) is 0 Å². The van der Waals surface area contributed by atoms with Gasteiger partial charge >= 0.3 is 0 Å². The molecule has 1 aliphatic heterocycles. The van der Waals surface area contributed by atoms with Crippen LogP contribution in [-0.4, -0.2) is 6.29 Å². The highest BCUT2D eigenvalue weighted by Gasteiger charge is 2.16. The fourth-order valence-electron chi connectivity index (χ4n) is 3.01. The number of fused-ring (bicyclic) bond motifs is 2. The van der Waals surface area contributed by atoms with Gasteiger partial charge in [0.2, 0.25) is 0 Å². The van der Waals surface area contributed by atoms with Crippen molar-refractivity contribution in [2.45, 2.75) is 16.2 Å². The lowest BCUT2D eigenvalue weighted by Crippen LogP contribution is -2.00. The monoisotopic (exact) mass is 328 g/mol. The fourth-order valence-corrected chi connectivity index (χ4v) is 4.06. The lowest BCUT2D eigenvalue weighted by Gasteiger charge is -2.20. The maximum absolute atomic E-state index is 10.8. The Morgan fingerprint density at radius 3 is 2.38 bits per heavy atom. The molecule has 0 bridgehead atoms. The number of carbonyl (C=O) groups excluding carboxylic acids is 1. The Bertz CT molecular complexity index is 938. The zero-order valence-corrected chi connectivity index (χ0v) is 14.0. The summed E-state index contributed by atoms with van der Waals surface area (Å²) in [5.41, 5.74) is 6.58. The van der Waals surface area contributed by atoms with E-state index in [1.165, 1.54) is 20.9 Å². The zero-order valence-electron chi connectivity index (χ0n) is 13.2. The number of hydrogen-bond acceptors (Lipinski definition) is 2. The summed E-state index contributed by atoms with van der Waals surface area (Å²) in [5, 5.41) is 0. The Balaban J connectivity index is 1.66. The van der Waals surface area contributed by atoms with E-state index in [4.69, 9.17) is 0 Å². The van der Waals surface area contributed by atoms with E-state index in [-0.39, 0.29) is 0 Å². The van der Waals surface area contributed by atoms with E-state index in [9.17, 15) is 4.79 Å². The first-order valence-electron chi connectivity index (χ1n) is 7.88. The van der Waals surface area contributed by atoms with Gasteiger partial charge in [-0.05, 0) is 52.4 Å². The van der Waals surface area contributed by atoms with Crippen molar-refractivity contribution < 1.29 is 4.79 Å². The van der Waals surface area contributed by atoms with Gasteiger partial charge in [0.15, 0.2) is 0 Å². The third kappa shape index (κ3) is 2.70. The molecule has 1 nitrogen and oxygen atoms in total. The summed E-state index contributed by atoms with van der Waals surface area (Å²) in [6.07, 6.45) is 1.82. The summed E-state index contributed by atoms with van der Waals surface area (Å²) in [7, 11) is 0. The van der Waals surface area contributed by atoms with E-state index in [0.717, 1.165) is 29.4 Å². The Morgan fingerprint density at radius 2 is 1.58 bits per heavy atom. The van der Waals surface area contributed by atoms with Crippen molar-refractivity contribution in [3.8, 4) is 0 Å². The minimum absolute atomic E-state index is 0.685. The molecule has 0 unspecified atom stereocenters. The van der Waals surface area contributed by atoms with Crippen molar-refractivity contribution in [3.05, 3.63) is 101 Å². The van der Waals surface area contributed by atoms with Crippen LogP contribution < -0.4 is 0 Å². The van der Waals surface area contributed by atoms with Gasteiger partial charge in [-0.25, -0.2) is 0 Å². The fraction of sp³-hybridized carbons (Fsp3) is 0.0455. The maximum atomic E-state index is 10.8. The van der Waals surface area contributed by atoms with Crippen LogP contribution in [0.3, 0.4) is 0 Å². The van der Waals surface area contributed by atoms with E-state index < -0.39 is 0 Å². The molecule has 2 heteroatoms. The van der Waals surface area contributed by atoms with Gasteiger partial charge in [-0.2, -0.15) is 0 Å². The van der Waals surface area contributed by atoms with Crippen molar-refractivity contribution in [3.63, 3.8) is 0 Å². The average Bonchev–Trinajstić information content (AvgIpc) is 2.65. The molecule has 3 aromatic carbocycles. The average molecular weight is 328 g/mol. The number of aldehydes is 1. The summed E-state index contributed by atoms with van der Waals surface area (Å²) >= 11 is 1.84. The largest absolute Gasteiger partial charge is 0.298 e. The minimum Gasteiger partial charge on any atom is -0.298 e. The van der Waals surface area contributed by atoms with Gasteiger partial charge < -0.3 is 0 Å². The Labute approximate surface area is 146 Å². The van der Waals surface area contributed by atoms with Crippen LogP contribution in [-0.2, 0) is 6.42 Å². The summed E-state index contributed by atoms with van der Waals surface area (Å²) < 4.78 is 0. The maximum Gasteiger partial charge on any atom is 0.150 e. The van der Waals surface area contributed by atoms with Crippen LogP contribution in [0.4, 0.5) is 0 Å². The van der Waals surface area contributed by atoms with Crippen LogP contribution in [0.2, 0.25) is 0 Å². The molecule has 24 heavy (non-hydrogen) atoms. The molecule has 1 aliphatic rings. The van der Waals surface area contributed by atoms with Gasteiger partial charge in [-0.1, -0.05) is 66.9 Å². The molecule has 3 aromatic rings. The van der Waals surface area contributed by atoms with Crippen molar-refractivity contribution in [2.24, 2.45) is 0 Å². The first kappa shape index (κ1) is 15.0. The van der Waals surface area contributed by atoms with Gasteiger partial charge in [0.05, 0.1) is 0 Å². The standard InChI is InChI=1S/C22H16OS/c1-15(17-8-6-16(14-23)7-9-17)18-10-11-22-20(12-18)13-19-4-2-3-5-21(19)24-22/h2-12,14H,1,13H2. The second kappa shape index (κ2) is 6.14. The molecule has 0 amide bonds. The first-order valence-corrected chi connectivity index (χ1v) is 8.70. The Hall–Kier alpha value is -2.58. The summed E-state index contributed by atoms with van der Waals surface area (Å²) in [6.45, 7) is 4.25. The van der Waals surface area contributed by atoms with Crippen molar-refractivity contribution >= 4 is 23.6 Å². The van der Waals surface area contributed by atoms with Crippen LogP contribution >= 0.6 is 11.8 Å². The van der Waals surface area contributed by atoms with Gasteiger partial charge in [0.1, 0.15) is 6.29 Å². The molecule has 0 fully saturated rings.